The summed E-state index contributed by atoms with van der Waals surface area (Å²) in [5.74, 6) is 0. The molecule has 0 aromatic heterocycles. The number of unbranched alkanes of at least 4 members (excludes halogenated alkanes) is 1. The van der Waals surface area contributed by atoms with Crippen molar-refractivity contribution in [3.8, 4) is 0 Å². The van der Waals surface area contributed by atoms with Gasteiger partial charge in [0.05, 0.1) is 0 Å². The number of hydrogen-bond donors (Lipinski definition) is 0. The van der Waals surface area contributed by atoms with Gasteiger partial charge in [0.25, 0.3) is 0 Å². The van der Waals surface area contributed by atoms with Crippen LogP contribution < -0.4 is 0 Å². The Bertz CT molecular complexity index is 271. The molecule has 14 heavy (non-hydrogen) atoms. The number of hydrogen-bond acceptors (Lipinski definition) is 0. The summed E-state index contributed by atoms with van der Waals surface area (Å²) < 4.78 is 6.09. The van der Waals surface area contributed by atoms with Crippen molar-refractivity contribution in [2.45, 2.75) is 55.8 Å². The maximum atomic E-state index is 2.60. The Kier molecular flexibility index (Phi) is 4.82. The van der Waals surface area contributed by atoms with E-state index in [1.165, 1.54) is 19.3 Å². The molecule has 0 heterocycles. The SMILES string of the molecule is CCC[CH2][In]([CH3])[C]1=C(C)C(C)=C(C)C1. The van der Waals surface area contributed by atoms with E-state index >= 15 is 0 Å². The van der Waals surface area contributed by atoms with Gasteiger partial charge in [-0.3, -0.25) is 0 Å². The second-order valence-electron chi connectivity index (χ2n) is 4.78. The first-order valence-electron chi connectivity index (χ1n) is 5.94. The third-order valence-corrected chi connectivity index (χ3v) is 12.6. The van der Waals surface area contributed by atoms with Crippen LogP contribution in [0.15, 0.2) is 20.0 Å². The number of allylic oxidation sites excluding steroid dienone is 4. The fourth-order valence-electron chi connectivity index (χ4n) is 2.34. The summed E-state index contributed by atoms with van der Waals surface area (Å²) in [6.07, 6.45) is 4.17. The van der Waals surface area contributed by atoms with Gasteiger partial charge in [-0.2, -0.15) is 0 Å². The van der Waals surface area contributed by atoms with E-state index in [4.69, 9.17) is 0 Å². The van der Waals surface area contributed by atoms with Crippen LogP contribution in [0.3, 0.4) is 0 Å². The zero-order chi connectivity index (χ0) is 10.7. The Morgan fingerprint density at radius 3 is 2.21 bits per heavy atom. The molecule has 78 valence electrons. The van der Waals surface area contributed by atoms with Crippen molar-refractivity contribution in [1.82, 2.24) is 0 Å². The minimum absolute atomic E-state index is 1.27. The van der Waals surface area contributed by atoms with Crippen LogP contribution in [0.5, 0.6) is 0 Å². The van der Waals surface area contributed by atoms with Crippen molar-refractivity contribution in [3.63, 3.8) is 0 Å². The van der Waals surface area contributed by atoms with Gasteiger partial charge in [-0.05, 0) is 0 Å². The zero-order valence-electron chi connectivity index (χ0n) is 10.4. The van der Waals surface area contributed by atoms with Gasteiger partial charge < -0.3 is 0 Å². The average Bonchev–Trinajstić information content (AvgIpc) is 2.42. The minimum atomic E-state index is -1.27. The molecule has 0 atom stereocenters. The van der Waals surface area contributed by atoms with E-state index in [1.54, 1.807) is 20.9 Å². The van der Waals surface area contributed by atoms with Crippen LogP contribution in [0.4, 0.5) is 0 Å². The Labute approximate surface area is 97.0 Å². The fourth-order valence-corrected chi connectivity index (χ4v) is 10.8. The second-order valence-corrected chi connectivity index (χ2v) is 13.6. The first kappa shape index (κ1) is 12.4. The molecular formula is C13H23In. The van der Waals surface area contributed by atoms with Crippen molar-refractivity contribution >= 4 is 21.4 Å². The number of rotatable bonds is 4. The first-order valence-corrected chi connectivity index (χ1v) is 13.2. The van der Waals surface area contributed by atoms with Crippen LogP contribution >= 0.6 is 0 Å². The molecule has 0 amide bonds. The zero-order valence-corrected chi connectivity index (χ0v) is 13.7. The Balaban J connectivity index is 2.64. The van der Waals surface area contributed by atoms with E-state index < -0.39 is 21.4 Å². The van der Waals surface area contributed by atoms with Crippen LogP contribution in [0.2, 0.25) is 8.86 Å². The normalized spacial score (nSPS) is 16.9. The average molecular weight is 294 g/mol. The summed E-state index contributed by atoms with van der Waals surface area (Å²) in [6, 6.07) is 0. The molecule has 0 unspecified atom stereocenters. The predicted molar refractivity (Wildman–Crippen MR) is 67.0 cm³/mol. The van der Waals surface area contributed by atoms with Crippen molar-refractivity contribution in [2.24, 2.45) is 0 Å². The Morgan fingerprint density at radius 1 is 1.14 bits per heavy atom. The molecular weight excluding hydrogens is 271 g/mol. The molecule has 0 saturated heterocycles. The van der Waals surface area contributed by atoms with E-state index in [1.807, 2.05) is 3.33 Å². The van der Waals surface area contributed by atoms with Crippen LogP contribution in [0.1, 0.15) is 47.0 Å². The molecule has 1 aliphatic rings. The molecule has 1 aliphatic carbocycles. The van der Waals surface area contributed by atoms with Gasteiger partial charge in [0.2, 0.25) is 0 Å². The van der Waals surface area contributed by atoms with Gasteiger partial charge in [0.1, 0.15) is 0 Å². The molecule has 0 aromatic rings. The third-order valence-electron chi connectivity index (χ3n) is 3.73. The van der Waals surface area contributed by atoms with Gasteiger partial charge >= 0.3 is 97.3 Å². The molecule has 0 radical (unpaired) electrons. The van der Waals surface area contributed by atoms with E-state index in [2.05, 4.69) is 32.4 Å². The monoisotopic (exact) mass is 294 g/mol. The Hall–Kier alpha value is 0.350. The second kappa shape index (κ2) is 5.44. The molecule has 0 aromatic carbocycles. The van der Waals surface area contributed by atoms with Crippen LogP contribution in [-0.4, -0.2) is 21.4 Å². The summed E-state index contributed by atoms with van der Waals surface area (Å²) in [6.45, 7) is 9.27. The third kappa shape index (κ3) is 2.68. The van der Waals surface area contributed by atoms with Crippen LogP contribution in [-0.2, 0) is 0 Å². The van der Waals surface area contributed by atoms with Crippen molar-refractivity contribution in [1.29, 1.82) is 0 Å². The quantitative estimate of drug-likeness (QED) is 0.715. The van der Waals surface area contributed by atoms with E-state index in [9.17, 15) is 0 Å². The van der Waals surface area contributed by atoms with Gasteiger partial charge in [0, 0.05) is 0 Å². The summed E-state index contributed by atoms with van der Waals surface area (Å²) in [7, 11) is 0. The van der Waals surface area contributed by atoms with E-state index in [-0.39, 0.29) is 0 Å². The van der Waals surface area contributed by atoms with Gasteiger partial charge in [-0.25, -0.2) is 0 Å². The molecule has 0 nitrogen and oxygen atoms in total. The van der Waals surface area contributed by atoms with E-state index in [0.717, 1.165) is 0 Å². The topological polar surface area (TPSA) is 0 Å². The maximum absolute atomic E-state index is 2.60. The summed E-state index contributed by atoms with van der Waals surface area (Å²) in [4.78, 5) is 0. The van der Waals surface area contributed by atoms with Gasteiger partial charge in [0.15, 0.2) is 0 Å². The molecule has 0 saturated carbocycles. The summed E-state index contributed by atoms with van der Waals surface area (Å²) in [5.41, 5.74) is 4.90. The first-order chi connectivity index (χ1) is 6.57. The van der Waals surface area contributed by atoms with Crippen LogP contribution in [0, 0.1) is 0 Å². The van der Waals surface area contributed by atoms with E-state index in [0.29, 0.717) is 0 Å². The van der Waals surface area contributed by atoms with Crippen LogP contribution in [0.25, 0.3) is 0 Å². The molecule has 1 rings (SSSR count). The van der Waals surface area contributed by atoms with Crippen molar-refractivity contribution in [3.05, 3.63) is 20.0 Å². The summed E-state index contributed by atoms with van der Waals surface area (Å²) in [5, 5.41) is 0. The molecule has 0 fully saturated rings. The molecule has 0 aliphatic heterocycles. The molecule has 1 heteroatoms. The molecule has 0 N–H and O–H groups in total. The molecule has 0 bridgehead atoms. The fraction of sp³-hybridized carbons (Fsp3) is 0.692. The molecule has 0 spiro atoms. The van der Waals surface area contributed by atoms with Gasteiger partial charge in [-0.1, -0.05) is 0 Å². The Morgan fingerprint density at radius 2 is 1.79 bits per heavy atom. The predicted octanol–water partition coefficient (Wildman–Crippen LogP) is 4.51. The van der Waals surface area contributed by atoms with Crippen molar-refractivity contribution < 1.29 is 0 Å². The van der Waals surface area contributed by atoms with Gasteiger partial charge in [-0.15, -0.1) is 0 Å². The summed E-state index contributed by atoms with van der Waals surface area (Å²) >= 11 is -1.27. The standard InChI is InChI=1S/C8H11.C4H9.CH3.In/c1-6-4-5-7(2)8(6)3;1-3-4-2;;/h4H2,1-3H3;1,3-4H2,2H3;1H3;. The van der Waals surface area contributed by atoms with Crippen molar-refractivity contribution in [2.75, 3.05) is 0 Å².